The molecule has 2 aromatic rings. The van der Waals surface area contributed by atoms with Crippen LogP contribution in [0.4, 0.5) is 0 Å². The fourth-order valence-electron chi connectivity index (χ4n) is 2.51. The Morgan fingerprint density at radius 2 is 2.22 bits per heavy atom. The van der Waals surface area contributed by atoms with Crippen molar-refractivity contribution in [3.8, 4) is 0 Å². The van der Waals surface area contributed by atoms with Crippen LogP contribution in [0.3, 0.4) is 0 Å². The average Bonchev–Trinajstić information content (AvgIpc) is 3.08. The number of aromatic nitrogens is 2. The third-order valence-corrected chi connectivity index (χ3v) is 3.94. The third-order valence-electron chi connectivity index (χ3n) is 3.75. The zero-order valence-corrected chi connectivity index (χ0v) is 11.7. The van der Waals surface area contributed by atoms with Gasteiger partial charge in [0, 0.05) is 6.54 Å². The van der Waals surface area contributed by atoms with E-state index in [9.17, 15) is 0 Å². The Kier molecular flexibility index (Phi) is 3.06. The summed E-state index contributed by atoms with van der Waals surface area (Å²) in [4.78, 5) is 4.68. The zero-order valence-electron chi connectivity index (χ0n) is 11.0. The summed E-state index contributed by atoms with van der Waals surface area (Å²) >= 11 is 6.27. The predicted octanol–water partition coefficient (Wildman–Crippen LogP) is 4.44. The molecule has 0 amide bonds. The number of benzene rings is 1. The van der Waals surface area contributed by atoms with Crippen LogP contribution in [-0.4, -0.2) is 9.55 Å². The smallest absolute Gasteiger partial charge is 0.127 e. The Balaban J connectivity index is 2.03. The van der Waals surface area contributed by atoms with Gasteiger partial charge in [0.15, 0.2) is 0 Å². The number of alkyl halides is 1. The first kappa shape index (κ1) is 12.0. The molecule has 18 heavy (non-hydrogen) atoms. The van der Waals surface area contributed by atoms with E-state index in [0.717, 1.165) is 23.8 Å². The van der Waals surface area contributed by atoms with Gasteiger partial charge >= 0.3 is 0 Å². The lowest BCUT2D eigenvalue weighted by Gasteiger charge is -2.10. The summed E-state index contributed by atoms with van der Waals surface area (Å²) in [6.07, 6.45) is 4.06. The molecule has 96 valence electrons. The normalized spacial score (nSPS) is 17.3. The quantitative estimate of drug-likeness (QED) is 0.745. The van der Waals surface area contributed by atoms with E-state index < -0.39 is 0 Å². The number of fused-ring (bicyclic) bond motifs is 1. The van der Waals surface area contributed by atoms with E-state index in [1.165, 1.54) is 30.3 Å². The highest BCUT2D eigenvalue weighted by Crippen LogP contribution is 2.34. The molecule has 1 aliphatic carbocycles. The van der Waals surface area contributed by atoms with Crippen LogP contribution in [0.15, 0.2) is 18.2 Å². The standard InChI is InChI=1S/C15H19ClN2/c1-10-3-6-13-14(9-10)18(8-7-12-4-5-12)15(17-13)11(2)16/h3,6,9,11-12H,4-5,7-8H2,1-2H3. The lowest BCUT2D eigenvalue weighted by Crippen LogP contribution is -2.05. The van der Waals surface area contributed by atoms with Crippen molar-refractivity contribution in [3.05, 3.63) is 29.6 Å². The largest absolute Gasteiger partial charge is 0.327 e. The van der Waals surface area contributed by atoms with Crippen molar-refractivity contribution < 1.29 is 0 Å². The lowest BCUT2D eigenvalue weighted by molar-refractivity contribution is 0.585. The van der Waals surface area contributed by atoms with Crippen LogP contribution in [0.5, 0.6) is 0 Å². The van der Waals surface area contributed by atoms with Crippen LogP contribution in [0.2, 0.25) is 0 Å². The molecule has 1 aromatic carbocycles. The molecule has 0 N–H and O–H groups in total. The lowest BCUT2D eigenvalue weighted by atomic mass is 10.2. The van der Waals surface area contributed by atoms with Crippen molar-refractivity contribution in [2.45, 2.75) is 45.0 Å². The van der Waals surface area contributed by atoms with Crippen LogP contribution in [0.25, 0.3) is 11.0 Å². The van der Waals surface area contributed by atoms with Crippen LogP contribution >= 0.6 is 11.6 Å². The SMILES string of the molecule is Cc1ccc2nc(C(C)Cl)n(CCC3CC3)c2c1. The van der Waals surface area contributed by atoms with E-state index in [0.29, 0.717) is 0 Å². The maximum absolute atomic E-state index is 6.27. The van der Waals surface area contributed by atoms with Gasteiger partial charge in [-0.3, -0.25) is 0 Å². The molecule has 1 fully saturated rings. The third kappa shape index (κ3) is 2.26. The number of hydrogen-bond acceptors (Lipinski definition) is 1. The van der Waals surface area contributed by atoms with Gasteiger partial charge in [-0.25, -0.2) is 4.98 Å². The zero-order chi connectivity index (χ0) is 12.7. The second-order valence-corrected chi connectivity index (χ2v) is 6.12. The van der Waals surface area contributed by atoms with Crippen LogP contribution < -0.4 is 0 Å². The summed E-state index contributed by atoms with van der Waals surface area (Å²) in [6.45, 7) is 5.18. The highest BCUT2D eigenvalue weighted by Gasteiger charge is 2.22. The highest BCUT2D eigenvalue weighted by molar-refractivity contribution is 6.20. The van der Waals surface area contributed by atoms with Crippen molar-refractivity contribution >= 4 is 22.6 Å². The average molecular weight is 263 g/mol. The number of rotatable bonds is 4. The number of imidazole rings is 1. The number of hydrogen-bond donors (Lipinski definition) is 0. The number of halogens is 1. The molecular formula is C15H19ClN2. The van der Waals surface area contributed by atoms with Crippen molar-refractivity contribution in [1.82, 2.24) is 9.55 Å². The van der Waals surface area contributed by atoms with Gasteiger partial charge in [-0.1, -0.05) is 18.9 Å². The van der Waals surface area contributed by atoms with E-state index in [2.05, 4.69) is 34.7 Å². The summed E-state index contributed by atoms with van der Waals surface area (Å²) < 4.78 is 2.32. The van der Waals surface area contributed by atoms with Crippen LogP contribution in [0, 0.1) is 12.8 Å². The second-order valence-electron chi connectivity index (χ2n) is 5.46. The van der Waals surface area contributed by atoms with Crippen LogP contribution in [-0.2, 0) is 6.54 Å². The first-order valence-electron chi connectivity index (χ1n) is 6.76. The van der Waals surface area contributed by atoms with E-state index >= 15 is 0 Å². The van der Waals surface area contributed by atoms with Gasteiger partial charge in [-0.2, -0.15) is 0 Å². The van der Waals surface area contributed by atoms with Gasteiger partial charge in [0.2, 0.25) is 0 Å². The topological polar surface area (TPSA) is 17.8 Å². The molecule has 0 spiro atoms. The molecule has 1 atom stereocenters. The predicted molar refractivity (Wildman–Crippen MR) is 76.1 cm³/mol. The molecule has 1 aliphatic rings. The number of nitrogens with zero attached hydrogens (tertiary/aromatic N) is 2. The highest BCUT2D eigenvalue weighted by atomic mass is 35.5. The summed E-state index contributed by atoms with van der Waals surface area (Å²) in [5.74, 6) is 1.95. The molecule has 3 rings (SSSR count). The van der Waals surface area contributed by atoms with E-state index in [1.54, 1.807) is 0 Å². The molecule has 0 saturated heterocycles. The first-order valence-corrected chi connectivity index (χ1v) is 7.19. The van der Waals surface area contributed by atoms with Crippen molar-refractivity contribution in [2.24, 2.45) is 5.92 Å². The fraction of sp³-hybridized carbons (Fsp3) is 0.533. The molecule has 0 bridgehead atoms. The molecule has 3 heteroatoms. The molecule has 1 heterocycles. The van der Waals surface area contributed by atoms with Gasteiger partial charge in [-0.15, -0.1) is 11.6 Å². The van der Waals surface area contributed by atoms with Crippen molar-refractivity contribution in [2.75, 3.05) is 0 Å². The Bertz CT molecular complexity index is 567. The monoisotopic (exact) mass is 262 g/mol. The molecule has 0 radical (unpaired) electrons. The minimum atomic E-state index is -0.0306. The summed E-state index contributed by atoms with van der Waals surface area (Å²) in [5, 5.41) is -0.0306. The van der Waals surface area contributed by atoms with Gasteiger partial charge in [-0.05, 0) is 43.9 Å². The van der Waals surface area contributed by atoms with Gasteiger partial charge in [0.25, 0.3) is 0 Å². The van der Waals surface area contributed by atoms with Gasteiger partial charge in [0.1, 0.15) is 5.82 Å². The summed E-state index contributed by atoms with van der Waals surface area (Å²) in [5.41, 5.74) is 3.58. The van der Waals surface area contributed by atoms with Crippen LogP contribution in [0.1, 0.15) is 43.0 Å². The molecular weight excluding hydrogens is 244 g/mol. The van der Waals surface area contributed by atoms with E-state index in [4.69, 9.17) is 11.6 Å². The Morgan fingerprint density at radius 1 is 1.44 bits per heavy atom. The Morgan fingerprint density at radius 3 is 2.89 bits per heavy atom. The summed E-state index contributed by atoms with van der Waals surface area (Å²) in [7, 11) is 0. The Hall–Kier alpha value is -1.02. The first-order chi connectivity index (χ1) is 8.65. The fourth-order valence-corrected chi connectivity index (χ4v) is 2.67. The van der Waals surface area contributed by atoms with Crippen molar-refractivity contribution in [3.63, 3.8) is 0 Å². The molecule has 1 unspecified atom stereocenters. The molecule has 1 saturated carbocycles. The van der Waals surface area contributed by atoms with Gasteiger partial charge < -0.3 is 4.57 Å². The number of aryl methyl sites for hydroxylation is 2. The molecule has 2 nitrogen and oxygen atoms in total. The maximum Gasteiger partial charge on any atom is 0.127 e. The molecule has 0 aliphatic heterocycles. The summed E-state index contributed by atoms with van der Waals surface area (Å²) in [6, 6.07) is 6.43. The minimum absolute atomic E-state index is 0.0306. The molecule has 1 aromatic heterocycles. The van der Waals surface area contributed by atoms with Gasteiger partial charge in [0.05, 0.1) is 16.4 Å². The minimum Gasteiger partial charge on any atom is -0.327 e. The maximum atomic E-state index is 6.27. The second kappa shape index (κ2) is 4.58. The van der Waals surface area contributed by atoms with Crippen molar-refractivity contribution in [1.29, 1.82) is 0 Å². The van der Waals surface area contributed by atoms with E-state index in [-0.39, 0.29) is 5.38 Å². The Labute approximate surface area is 113 Å². The van der Waals surface area contributed by atoms with E-state index in [1.807, 2.05) is 6.92 Å².